The Morgan fingerprint density at radius 2 is 1.87 bits per heavy atom. The summed E-state index contributed by atoms with van der Waals surface area (Å²) in [4.78, 5) is 12.1. The van der Waals surface area contributed by atoms with Crippen LogP contribution in [0.5, 0.6) is 0 Å². The molecule has 0 aliphatic carbocycles. The van der Waals surface area contributed by atoms with E-state index < -0.39 is 0 Å². The Labute approximate surface area is 135 Å². The molecule has 118 valence electrons. The Hall–Kier alpha value is -2.75. The maximum Gasteiger partial charge on any atom is 0.319 e. The third-order valence-corrected chi connectivity index (χ3v) is 3.75. The van der Waals surface area contributed by atoms with Crippen molar-refractivity contribution in [3.63, 3.8) is 0 Å². The lowest BCUT2D eigenvalue weighted by molar-refractivity contribution is 0.249. The first kappa shape index (κ1) is 15.2. The van der Waals surface area contributed by atoms with Gasteiger partial charge in [0.15, 0.2) is 0 Å². The van der Waals surface area contributed by atoms with Crippen molar-refractivity contribution in [2.24, 2.45) is 0 Å². The van der Waals surface area contributed by atoms with Gasteiger partial charge in [-0.25, -0.2) is 4.79 Å². The molecule has 0 fully saturated rings. The number of carbonyl (C=O) groups excluding carboxylic acids is 1. The van der Waals surface area contributed by atoms with Crippen LogP contribution < -0.4 is 10.6 Å². The summed E-state index contributed by atoms with van der Waals surface area (Å²) in [6, 6.07) is 17.4. The topological polar surface area (TPSA) is 54.3 Å². The lowest BCUT2D eigenvalue weighted by Crippen LogP contribution is -2.37. The first-order valence-corrected chi connectivity index (χ1v) is 7.72. The monoisotopic (exact) mass is 308 g/mol. The van der Waals surface area contributed by atoms with E-state index in [1.165, 1.54) is 0 Å². The van der Waals surface area contributed by atoms with E-state index in [0.717, 1.165) is 28.0 Å². The molecule has 0 aliphatic heterocycles. The third kappa shape index (κ3) is 3.72. The van der Waals surface area contributed by atoms with Crippen molar-refractivity contribution in [2.45, 2.75) is 26.3 Å². The van der Waals surface area contributed by atoms with Gasteiger partial charge in [0.1, 0.15) is 11.3 Å². The number of anilines is 1. The van der Waals surface area contributed by atoms with Crippen LogP contribution in [0.3, 0.4) is 0 Å². The zero-order valence-corrected chi connectivity index (χ0v) is 13.3. The molecule has 0 spiro atoms. The van der Waals surface area contributed by atoms with Crippen LogP contribution in [-0.2, 0) is 6.42 Å². The number of benzene rings is 2. The standard InChI is InChI=1S/C19H20N2O2/c1-13-7-3-5-9-17(13)21-19(22)20-14(2)11-16-12-15-8-4-6-10-18(15)23-16/h3-10,12,14H,11H2,1-2H3,(H2,20,21,22)/t14-/m1/s1. The fourth-order valence-electron chi connectivity index (χ4n) is 2.59. The maximum atomic E-state index is 12.1. The van der Waals surface area contributed by atoms with Gasteiger partial charge >= 0.3 is 6.03 Å². The van der Waals surface area contributed by atoms with Gasteiger partial charge in [-0.2, -0.15) is 0 Å². The lowest BCUT2D eigenvalue weighted by atomic mass is 10.2. The normalized spacial score (nSPS) is 12.1. The number of urea groups is 1. The summed E-state index contributed by atoms with van der Waals surface area (Å²) in [5, 5.41) is 6.89. The second-order valence-corrected chi connectivity index (χ2v) is 5.77. The van der Waals surface area contributed by atoms with Crippen molar-refractivity contribution >= 4 is 22.7 Å². The Morgan fingerprint density at radius 3 is 2.65 bits per heavy atom. The minimum Gasteiger partial charge on any atom is -0.461 e. The number of fused-ring (bicyclic) bond motifs is 1. The molecule has 4 heteroatoms. The highest BCUT2D eigenvalue weighted by Crippen LogP contribution is 2.20. The van der Waals surface area contributed by atoms with Crippen molar-refractivity contribution in [2.75, 3.05) is 5.32 Å². The molecule has 2 N–H and O–H groups in total. The van der Waals surface area contributed by atoms with E-state index in [4.69, 9.17) is 4.42 Å². The molecule has 3 aromatic rings. The minimum absolute atomic E-state index is 0.0282. The maximum absolute atomic E-state index is 12.1. The summed E-state index contributed by atoms with van der Waals surface area (Å²) in [6.45, 7) is 3.93. The van der Waals surface area contributed by atoms with E-state index in [1.807, 2.05) is 68.4 Å². The summed E-state index contributed by atoms with van der Waals surface area (Å²) < 4.78 is 5.79. The summed E-state index contributed by atoms with van der Waals surface area (Å²) >= 11 is 0. The van der Waals surface area contributed by atoms with Crippen LogP contribution in [0, 0.1) is 6.92 Å². The van der Waals surface area contributed by atoms with Crippen LogP contribution in [0.1, 0.15) is 18.2 Å². The van der Waals surface area contributed by atoms with Crippen LogP contribution in [0.25, 0.3) is 11.0 Å². The highest BCUT2D eigenvalue weighted by atomic mass is 16.3. The molecule has 3 rings (SSSR count). The Morgan fingerprint density at radius 1 is 1.13 bits per heavy atom. The highest BCUT2D eigenvalue weighted by molar-refractivity contribution is 5.90. The van der Waals surface area contributed by atoms with E-state index in [1.54, 1.807) is 0 Å². The van der Waals surface area contributed by atoms with E-state index in [-0.39, 0.29) is 12.1 Å². The summed E-state index contributed by atoms with van der Waals surface area (Å²) in [7, 11) is 0. The molecule has 2 aromatic carbocycles. The van der Waals surface area contributed by atoms with Crippen molar-refractivity contribution in [1.29, 1.82) is 0 Å². The average molecular weight is 308 g/mol. The molecule has 0 radical (unpaired) electrons. The zero-order valence-electron chi connectivity index (χ0n) is 13.3. The molecule has 23 heavy (non-hydrogen) atoms. The van der Waals surface area contributed by atoms with Gasteiger partial charge in [0.2, 0.25) is 0 Å². The summed E-state index contributed by atoms with van der Waals surface area (Å²) in [6.07, 6.45) is 0.649. The smallest absolute Gasteiger partial charge is 0.319 e. The quantitative estimate of drug-likeness (QED) is 0.746. The zero-order chi connectivity index (χ0) is 16.2. The minimum atomic E-state index is -0.206. The van der Waals surface area contributed by atoms with Gasteiger partial charge in [0.25, 0.3) is 0 Å². The molecule has 1 aromatic heterocycles. The molecule has 1 atom stereocenters. The molecule has 1 heterocycles. The number of hydrogen-bond acceptors (Lipinski definition) is 2. The predicted octanol–water partition coefficient (Wildman–Crippen LogP) is 4.49. The Kier molecular flexibility index (Phi) is 4.33. The Bertz CT molecular complexity index is 790. The largest absolute Gasteiger partial charge is 0.461 e. The number of aryl methyl sites for hydroxylation is 1. The lowest BCUT2D eigenvalue weighted by Gasteiger charge is -2.14. The second kappa shape index (κ2) is 6.57. The first-order chi connectivity index (χ1) is 11.1. The van der Waals surface area contributed by atoms with Gasteiger partial charge in [-0.05, 0) is 37.6 Å². The van der Waals surface area contributed by atoms with Crippen LogP contribution in [0.2, 0.25) is 0 Å². The van der Waals surface area contributed by atoms with Crippen molar-refractivity contribution in [1.82, 2.24) is 5.32 Å². The Balaban J connectivity index is 1.59. The number of rotatable bonds is 4. The fraction of sp³-hybridized carbons (Fsp3) is 0.211. The summed E-state index contributed by atoms with van der Waals surface area (Å²) in [5.41, 5.74) is 2.73. The van der Waals surface area contributed by atoms with Gasteiger partial charge in [0, 0.05) is 23.5 Å². The third-order valence-electron chi connectivity index (χ3n) is 3.75. The van der Waals surface area contributed by atoms with Crippen LogP contribution in [-0.4, -0.2) is 12.1 Å². The summed E-state index contributed by atoms with van der Waals surface area (Å²) in [5.74, 6) is 0.870. The van der Waals surface area contributed by atoms with E-state index in [2.05, 4.69) is 10.6 Å². The predicted molar refractivity (Wildman–Crippen MR) is 92.7 cm³/mol. The molecule has 0 saturated carbocycles. The highest BCUT2D eigenvalue weighted by Gasteiger charge is 2.12. The molecular formula is C19H20N2O2. The first-order valence-electron chi connectivity index (χ1n) is 7.72. The van der Waals surface area contributed by atoms with Gasteiger partial charge < -0.3 is 15.1 Å². The van der Waals surface area contributed by atoms with Crippen molar-refractivity contribution < 1.29 is 9.21 Å². The SMILES string of the molecule is Cc1ccccc1NC(=O)N[C@H](C)Cc1cc2ccccc2o1. The molecular weight excluding hydrogens is 288 g/mol. The van der Waals surface area contributed by atoms with Gasteiger partial charge in [0.05, 0.1) is 0 Å². The van der Waals surface area contributed by atoms with E-state index >= 15 is 0 Å². The van der Waals surface area contributed by atoms with Crippen LogP contribution >= 0.6 is 0 Å². The number of amides is 2. The molecule has 0 aliphatic rings. The number of carbonyl (C=O) groups is 1. The van der Waals surface area contributed by atoms with Crippen molar-refractivity contribution in [3.8, 4) is 0 Å². The number of furan rings is 1. The van der Waals surface area contributed by atoms with Crippen LogP contribution in [0.15, 0.2) is 59.0 Å². The van der Waals surface area contributed by atoms with Crippen LogP contribution in [0.4, 0.5) is 10.5 Å². The fourth-order valence-corrected chi connectivity index (χ4v) is 2.59. The van der Waals surface area contributed by atoms with Gasteiger partial charge in [-0.1, -0.05) is 36.4 Å². The number of nitrogens with one attached hydrogen (secondary N) is 2. The number of hydrogen-bond donors (Lipinski definition) is 2. The van der Waals surface area contributed by atoms with E-state index in [0.29, 0.717) is 6.42 Å². The molecule has 0 saturated heterocycles. The molecule has 4 nitrogen and oxygen atoms in total. The van der Waals surface area contributed by atoms with Gasteiger partial charge in [-0.3, -0.25) is 0 Å². The second-order valence-electron chi connectivity index (χ2n) is 5.77. The number of para-hydroxylation sites is 2. The van der Waals surface area contributed by atoms with Crippen molar-refractivity contribution in [3.05, 3.63) is 65.9 Å². The molecule has 0 unspecified atom stereocenters. The molecule has 2 amide bonds. The average Bonchev–Trinajstić information content (AvgIpc) is 2.91. The van der Waals surface area contributed by atoms with Gasteiger partial charge in [-0.15, -0.1) is 0 Å². The van der Waals surface area contributed by atoms with E-state index in [9.17, 15) is 4.79 Å². The molecule has 0 bridgehead atoms.